The molecule has 2 aromatic rings. The van der Waals surface area contributed by atoms with Crippen LogP contribution in [0.15, 0.2) is 42.5 Å². The number of amides is 1. The van der Waals surface area contributed by atoms with Crippen molar-refractivity contribution in [3.63, 3.8) is 0 Å². The topological polar surface area (TPSA) is 41.1 Å². The lowest BCUT2D eigenvalue weighted by Crippen LogP contribution is -2.48. The van der Waals surface area contributed by atoms with Gasteiger partial charge in [-0.3, -0.25) is 4.79 Å². The molecule has 0 aliphatic rings. The Morgan fingerprint density at radius 3 is 2.43 bits per heavy atom. The summed E-state index contributed by atoms with van der Waals surface area (Å²) < 4.78 is -1.66. The number of nitrogens with one attached hydrogen (secondary N) is 2. The molecule has 0 bridgehead atoms. The number of carbonyl (C=O) groups is 1. The maximum atomic E-state index is 11.5. The molecule has 2 N–H and O–H groups in total. The van der Waals surface area contributed by atoms with Gasteiger partial charge >= 0.3 is 0 Å². The van der Waals surface area contributed by atoms with Gasteiger partial charge < -0.3 is 10.6 Å². The number of rotatable bonds is 4. The van der Waals surface area contributed by atoms with E-state index in [0.29, 0.717) is 6.42 Å². The summed E-state index contributed by atoms with van der Waals surface area (Å²) in [5.41, 5.74) is 0.765. The molecule has 0 aromatic heterocycles. The summed E-state index contributed by atoms with van der Waals surface area (Å²) in [6.45, 7) is 1.74. The van der Waals surface area contributed by atoms with Crippen molar-refractivity contribution in [1.82, 2.24) is 5.32 Å². The molecule has 1 amide bonds. The van der Waals surface area contributed by atoms with Crippen LogP contribution in [0.3, 0.4) is 0 Å². The van der Waals surface area contributed by atoms with E-state index >= 15 is 0 Å². The molecule has 0 unspecified atom stereocenters. The van der Waals surface area contributed by atoms with E-state index < -0.39 is 9.96 Å². The molecule has 0 spiro atoms. The summed E-state index contributed by atoms with van der Waals surface area (Å²) >= 11 is 17.8. The lowest BCUT2D eigenvalue weighted by atomic mass is 10.1. The molecule has 21 heavy (non-hydrogen) atoms. The molecule has 2 aromatic carbocycles. The van der Waals surface area contributed by atoms with Crippen molar-refractivity contribution in [2.45, 2.75) is 23.3 Å². The van der Waals surface area contributed by atoms with E-state index in [4.69, 9.17) is 34.8 Å². The Hall–Kier alpha value is -1.16. The third-order valence-electron chi connectivity index (χ3n) is 3.01. The van der Waals surface area contributed by atoms with Gasteiger partial charge in [-0.2, -0.15) is 0 Å². The largest absolute Gasteiger partial charge is 0.362 e. The summed E-state index contributed by atoms with van der Waals surface area (Å²) in [5, 5.41) is 7.88. The van der Waals surface area contributed by atoms with Gasteiger partial charge in [-0.15, -0.1) is 0 Å². The van der Waals surface area contributed by atoms with E-state index in [9.17, 15) is 4.79 Å². The van der Waals surface area contributed by atoms with E-state index in [0.717, 1.165) is 16.5 Å². The van der Waals surface area contributed by atoms with E-state index in [1.165, 1.54) is 0 Å². The van der Waals surface area contributed by atoms with Gasteiger partial charge in [-0.25, -0.2) is 0 Å². The fourth-order valence-corrected chi connectivity index (χ4v) is 2.24. The van der Waals surface area contributed by atoms with E-state index in [1.54, 1.807) is 6.92 Å². The Morgan fingerprint density at radius 1 is 1.14 bits per heavy atom. The van der Waals surface area contributed by atoms with Crippen LogP contribution in [0.4, 0.5) is 5.69 Å². The lowest BCUT2D eigenvalue weighted by Gasteiger charge is -2.27. The van der Waals surface area contributed by atoms with Gasteiger partial charge in [0.2, 0.25) is 9.70 Å². The molecule has 0 heterocycles. The molecule has 2 rings (SSSR count). The fourth-order valence-electron chi connectivity index (χ4n) is 1.91. The maximum absolute atomic E-state index is 11.5. The van der Waals surface area contributed by atoms with Crippen LogP contribution >= 0.6 is 34.8 Å². The second-order valence-corrected chi connectivity index (χ2v) is 6.97. The van der Waals surface area contributed by atoms with Crippen LogP contribution in [0, 0.1) is 0 Å². The highest BCUT2D eigenvalue weighted by Crippen LogP contribution is 2.31. The van der Waals surface area contributed by atoms with Gasteiger partial charge in [0, 0.05) is 12.1 Å². The first-order valence-electron chi connectivity index (χ1n) is 6.51. The molecule has 0 saturated heterocycles. The molecule has 6 heteroatoms. The Kier molecular flexibility index (Phi) is 5.20. The quantitative estimate of drug-likeness (QED) is 0.634. The highest BCUT2D eigenvalue weighted by molar-refractivity contribution is 6.68. The van der Waals surface area contributed by atoms with Gasteiger partial charge in [0.15, 0.2) is 0 Å². The Morgan fingerprint density at radius 2 is 1.81 bits per heavy atom. The van der Waals surface area contributed by atoms with Crippen LogP contribution in [-0.2, 0) is 4.79 Å². The molecule has 0 saturated carbocycles. The smallest absolute Gasteiger partial charge is 0.228 e. The van der Waals surface area contributed by atoms with Crippen molar-refractivity contribution >= 4 is 57.2 Å². The Bertz CT molecular complexity index is 640. The minimum atomic E-state index is -1.66. The SMILES string of the molecule is CCC(=O)N[C@@H](Nc1ccc2ccccc2c1)C(Cl)(Cl)Cl. The van der Waals surface area contributed by atoms with Crippen LogP contribution in [0.5, 0.6) is 0 Å². The van der Waals surface area contributed by atoms with E-state index in [-0.39, 0.29) is 5.91 Å². The summed E-state index contributed by atoms with van der Waals surface area (Å²) in [5.74, 6) is -0.195. The summed E-state index contributed by atoms with van der Waals surface area (Å²) in [6.07, 6.45) is -0.493. The molecule has 3 nitrogen and oxygen atoms in total. The van der Waals surface area contributed by atoms with Crippen molar-refractivity contribution in [3.8, 4) is 0 Å². The van der Waals surface area contributed by atoms with Gasteiger partial charge in [0.25, 0.3) is 0 Å². The second kappa shape index (κ2) is 6.73. The van der Waals surface area contributed by atoms with Gasteiger partial charge in [0.1, 0.15) is 6.17 Å². The molecule has 0 radical (unpaired) electrons. The fraction of sp³-hybridized carbons (Fsp3) is 0.267. The number of anilines is 1. The van der Waals surface area contributed by atoms with Crippen molar-refractivity contribution < 1.29 is 4.79 Å². The van der Waals surface area contributed by atoms with Gasteiger partial charge in [-0.1, -0.05) is 72.1 Å². The molecule has 0 aliphatic carbocycles. The van der Waals surface area contributed by atoms with E-state index in [2.05, 4.69) is 10.6 Å². The zero-order valence-corrected chi connectivity index (χ0v) is 13.6. The molecule has 0 fully saturated rings. The molecule has 0 aliphatic heterocycles. The number of hydrogen-bond acceptors (Lipinski definition) is 2. The third kappa shape index (κ3) is 4.40. The second-order valence-electron chi connectivity index (χ2n) is 4.60. The average Bonchev–Trinajstić information content (AvgIpc) is 2.45. The Labute approximate surface area is 138 Å². The van der Waals surface area contributed by atoms with E-state index in [1.807, 2.05) is 42.5 Å². The summed E-state index contributed by atoms with van der Waals surface area (Å²) in [7, 11) is 0. The minimum absolute atomic E-state index is 0.195. The first-order chi connectivity index (χ1) is 9.90. The lowest BCUT2D eigenvalue weighted by molar-refractivity contribution is -0.121. The predicted molar refractivity (Wildman–Crippen MR) is 90.1 cm³/mol. The van der Waals surface area contributed by atoms with Gasteiger partial charge in [-0.05, 0) is 22.9 Å². The number of benzene rings is 2. The Balaban J connectivity index is 2.23. The van der Waals surface area contributed by atoms with Crippen LogP contribution in [0.25, 0.3) is 10.8 Å². The van der Waals surface area contributed by atoms with Crippen LogP contribution < -0.4 is 10.6 Å². The number of alkyl halides is 3. The summed E-state index contributed by atoms with van der Waals surface area (Å²) in [4.78, 5) is 11.5. The molecule has 112 valence electrons. The van der Waals surface area contributed by atoms with Crippen molar-refractivity contribution in [2.24, 2.45) is 0 Å². The molecular weight excluding hydrogens is 331 g/mol. The van der Waals surface area contributed by atoms with Crippen LogP contribution in [0.1, 0.15) is 13.3 Å². The van der Waals surface area contributed by atoms with Gasteiger partial charge in [0.05, 0.1) is 0 Å². The minimum Gasteiger partial charge on any atom is -0.362 e. The van der Waals surface area contributed by atoms with Crippen molar-refractivity contribution in [3.05, 3.63) is 42.5 Å². The standard InChI is InChI=1S/C15H15Cl3N2O/c1-2-13(21)20-14(15(16,17)18)19-12-8-7-10-5-3-4-6-11(10)9-12/h3-9,14,19H,2H2,1H3,(H,20,21)/t14-/m1/s1. The molecule has 1 atom stereocenters. The zero-order valence-electron chi connectivity index (χ0n) is 11.4. The third-order valence-corrected chi connectivity index (χ3v) is 3.67. The van der Waals surface area contributed by atoms with Crippen LogP contribution in [-0.4, -0.2) is 15.9 Å². The number of fused-ring (bicyclic) bond motifs is 1. The van der Waals surface area contributed by atoms with Crippen molar-refractivity contribution in [2.75, 3.05) is 5.32 Å². The monoisotopic (exact) mass is 344 g/mol. The zero-order chi connectivity index (χ0) is 15.5. The van der Waals surface area contributed by atoms with Crippen molar-refractivity contribution in [1.29, 1.82) is 0 Å². The molecular formula is C15H15Cl3N2O. The maximum Gasteiger partial charge on any atom is 0.228 e. The summed E-state index contributed by atoms with van der Waals surface area (Å²) in [6, 6.07) is 13.7. The number of hydrogen-bond donors (Lipinski definition) is 2. The first kappa shape index (κ1) is 16.2. The highest BCUT2D eigenvalue weighted by Gasteiger charge is 2.33. The average molecular weight is 346 g/mol. The highest BCUT2D eigenvalue weighted by atomic mass is 35.6. The predicted octanol–water partition coefficient (Wildman–Crippen LogP) is 4.47. The van der Waals surface area contributed by atoms with Crippen LogP contribution in [0.2, 0.25) is 0 Å². The normalized spacial score (nSPS) is 13.0. The first-order valence-corrected chi connectivity index (χ1v) is 7.65. The number of halogens is 3. The number of carbonyl (C=O) groups excluding carboxylic acids is 1.